The third-order valence-corrected chi connectivity index (χ3v) is 9.02. The molecule has 5 atom stereocenters. The topological polar surface area (TPSA) is 131 Å². The summed E-state index contributed by atoms with van der Waals surface area (Å²) in [5, 5.41) is 21.7. The average Bonchev–Trinajstić information content (AvgIpc) is 3.09. The van der Waals surface area contributed by atoms with Crippen LogP contribution < -0.4 is 5.32 Å². The van der Waals surface area contributed by atoms with Gasteiger partial charge in [0.05, 0.1) is 24.4 Å². The Morgan fingerprint density at radius 2 is 1.47 bits per heavy atom. The molecular weight excluding hydrogens is 618 g/mol. The summed E-state index contributed by atoms with van der Waals surface area (Å²) in [7, 11) is 0. The zero-order chi connectivity index (χ0) is 33.3. The molecule has 0 aromatic heterocycles. The molecule has 47 heavy (non-hydrogen) atoms. The molecule has 10 heteroatoms. The van der Waals surface area contributed by atoms with Crippen molar-refractivity contribution in [2.75, 3.05) is 5.75 Å². The minimum absolute atomic E-state index is 0.0605. The highest BCUT2D eigenvalue weighted by Crippen LogP contribution is 2.48. The molecule has 0 aliphatic carbocycles. The van der Waals surface area contributed by atoms with Crippen LogP contribution >= 0.6 is 11.8 Å². The van der Waals surface area contributed by atoms with Gasteiger partial charge in [-0.05, 0) is 53.4 Å². The number of ether oxygens (including phenoxy) is 3. The van der Waals surface area contributed by atoms with Crippen LogP contribution in [0.2, 0.25) is 0 Å². The summed E-state index contributed by atoms with van der Waals surface area (Å²) in [6, 6.07) is 32.2. The Kier molecular flexibility index (Phi) is 11.4. The lowest BCUT2D eigenvalue weighted by molar-refractivity contribution is -0.255. The fraction of sp³-hybridized carbons (Fsp3) is 0.270. The highest BCUT2D eigenvalue weighted by Gasteiger charge is 2.41. The van der Waals surface area contributed by atoms with Gasteiger partial charge >= 0.3 is 11.9 Å². The van der Waals surface area contributed by atoms with Crippen molar-refractivity contribution in [1.82, 2.24) is 5.32 Å². The number of nitrogens with one attached hydrogen (secondary N) is 1. The number of carboxylic acid groups (broad SMARTS) is 1. The second-order valence-corrected chi connectivity index (χ2v) is 12.3. The standard InChI is InChI=1S/C37H37NO8S/c1-23(44-24(2)40)35(41)38-20-25-8-14-30(15-9-25)37-45-32(22-47-31-18-16-29(17-19-31)36(42)43)33(27-6-4-3-5-7-27)34(46-37)28-12-10-26(21-39)11-13-28/h3-19,23,32-34,37,39H,20-22H2,1-2H3,(H,38,41)(H,42,43)/t23-,32+,33+,34-,37?/m0/s1. The molecule has 1 aliphatic heterocycles. The van der Waals surface area contributed by atoms with Gasteiger partial charge in [-0.2, -0.15) is 0 Å². The van der Waals surface area contributed by atoms with E-state index in [0.29, 0.717) is 5.75 Å². The van der Waals surface area contributed by atoms with Crippen molar-refractivity contribution in [2.24, 2.45) is 0 Å². The van der Waals surface area contributed by atoms with Crippen LogP contribution in [0.3, 0.4) is 0 Å². The Morgan fingerprint density at radius 3 is 2.09 bits per heavy atom. The molecule has 1 unspecified atom stereocenters. The zero-order valence-electron chi connectivity index (χ0n) is 26.1. The van der Waals surface area contributed by atoms with E-state index in [1.54, 1.807) is 36.0 Å². The van der Waals surface area contributed by atoms with Gasteiger partial charge in [0.25, 0.3) is 5.91 Å². The first-order chi connectivity index (χ1) is 22.7. The van der Waals surface area contributed by atoms with Crippen LogP contribution in [-0.2, 0) is 37.0 Å². The van der Waals surface area contributed by atoms with Crippen molar-refractivity contribution in [3.63, 3.8) is 0 Å². The minimum Gasteiger partial charge on any atom is -0.478 e. The Morgan fingerprint density at radius 1 is 0.830 bits per heavy atom. The highest BCUT2D eigenvalue weighted by molar-refractivity contribution is 7.99. The van der Waals surface area contributed by atoms with Crippen LogP contribution in [0.4, 0.5) is 0 Å². The quantitative estimate of drug-likeness (QED) is 0.121. The number of esters is 1. The second-order valence-electron chi connectivity index (χ2n) is 11.3. The van der Waals surface area contributed by atoms with Gasteiger partial charge in [-0.25, -0.2) is 4.79 Å². The highest BCUT2D eigenvalue weighted by atomic mass is 32.2. The van der Waals surface area contributed by atoms with Gasteiger partial charge in [-0.3, -0.25) is 9.59 Å². The molecule has 0 bridgehead atoms. The zero-order valence-corrected chi connectivity index (χ0v) is 26.9. The lowest BCUT2D eigenvalue weighted by Gasteiger charge is -2.43. The molecule has 4 aromatic rings. The number of thioether (sulfide) groups is 1. The van der Waals surface area contributed by atoms with Gasteiger partial charge in [0.15, 0.2) is 12.4 Å². The maximum Gasteiger partial charge on any atom is 0.335 e. The molecule has 9 nitrogen and oxygen atoms in total. The SMILES string of the molecule is CC(=O)O[C@@H](C)C(=O)NCc1ccc(C2O[C@H](CSc3ccc(C(=O)O)cc3)[C@@H](c3ccccc3)[C@H](c3ccc(CO)cc3)O2)cc1. The first-order valence-corrected chi connectivity index (χ1v) is 16.3. The number of hydrogen-bond acceptors (Lipinski definition) is 8. The molecule has 1 fully saturated rings. The number of carboxylic acids is 1. The van der Waals surface area contributed by atoms with Crippen molar-refractivity contribution >= 4 is 29.6 Å². The number of aromatic carboxylic acids is 1. The maximum atomic E-state index is 12.3. The van der Waals surface area contributed by atoms with Crippen LogP contribution in [0.1, 0.15) is 70.3 Å². The smallest absolute Gasteiger partial charge is 0.335 e. The van der Waals surface area contributed by atoms with E-state index in [2.05, 4.69) is 17.4 Å². The van der Waals surface area contributed by atoms with Crippen molar-refractivity contribution < 1.29 is 38.8 Å². The monoisotopic (exact) mass is 655 g/mol. The van der Waals surface area contributed by atoms with Gasteiger partial charge in [0.2, 0.25) is 0 Å². The second kappa shape index (κ2) is 15.9. The van der Waals surface area contributed by atoms with E-state index in [9.17, 15) is 24.6 Å². The summed E-state index contributed by atoms with van der Waals surface area (Å²) >= 11 is 1.59. The van der Waals surface area contributed by atoms with Crippen LogP contribution in [0.15, 0.2) is 108 Å². The maximum absolute atomic E-state index is 12.3. The van der Waals surface area contributed by atoms with Crippen molar-refractivity contribution in [3.05, 3.63) is 137 Å². The molecule has 0 spiro atoms. The molecule has 4 aromatic carbocycles. The average molecular weight is 656 g/mol. The summed E-state index contributed by atoms with van der Waals surface area (Å²) in [5.41, 5.74) is 4.69. The normalized spacial score (nSPS) is 19.8. The fourth-order valence-electron chi connectivity index (χ4n) is 5.45. The number of aliphatic hydroxyl groups excluding tert-OH is 1. The molecular formula is C37H37NO8S. The molecule has 1 saturated heterocycles. The Hall–Kier alpha value is -4.48. The van der Waals surface area contributed by atoms with Gasteiger partial charge in [-0.1, -0.05) is 78.9 Å². The predicted molar refractivity (Wildman–Crippen MR) is 177 cm³/mol. The third kappa shape index (κ3) is 8.87. The molecule has 3 N–H and O–H groups in total. The molecule has 0 saturated carbocycles. The molecule has 244 valence electrons. The summed E-state index contributed by atoms with van der Waals surface area (Å²) in [5.74, 6) is -1.48. The van der Waals surface area contributed by atoms with E-state index in [0.717, 1.165) is 32.7 Å². The first-order valence-electron chi connectivity index (χ1n) is 15.3. The van der Waals surface area contributed by atoms with Gasteiger partial charge in [-0.15, -0.1) is 11.8 Å². The Balaban J connectivity index is 1.41. The van der Waals surface area contributed by atoms with Crippen LogP contribution in [-0.4, -0.2) is 46.0 Å². The number of benzene rings is 4. The summed E-state index contributed by atoms with van der Waals surface area (Å²) in [6.07, 6.45) is -2.28. The minimum atomic E-state index is -0.971. The predicted octanol–water partition coefficient (Wildman–Crippen LogP) is 6.18. The van der Waals surface area contributed by atoms with Crippen LogP contribution in [0, 0.1) is 0 Å². The van der Waals surface area contributed by atoms with Gasteiger partial charge in [0, 0.05) is 35.6 Å². The number of aliphatic hydroxyl groups is 1. The van der Waals surface area contributed by atoms with Gasteiger partial charge in [0.1, 0.15) is 0 Å². The Bertz CT molecular complexity index is 1650. The largest absolute Gasteiger partial charge is 0.478 e. The number of amides is 1. The van der Waals surface area contributed by atoms with E-state index in [-0.39, 0.29) is 42.7 Å². The summed E-state index contributed by atoms with van der Waals surface area (Å²) < 4.78 is 18.4. The first kappa shape index (κ1) is 33.9. The van der Waals surface area contributed by atoms with Crippen LogP contribution in [0.25, 0.3) is 0 Å². The van der Waals surface area contributed by atoms with E-state index in [1.165, 1.54) is 13.8 Å². The van der Waals surface area contributed by atoms with E-state index in [1.807, 2.05) is 66.7 Å². The Labute approximate surface area is 277 Å². The van der Waals surface area contributed by atoms with E-state index in [4.69, 9.17) is 14.2 Å². The molecule has 1 amide bonds. The number of carbonyl (C=O) groups is 3. The van der Waals surface area contributed by atoms with Crippen LogP contribution in [0.5, 0.6) is 0 Å². The lowest BCUT2D eigenvalue weighted by atomic mass is 9.84. The third-order valence-electron chi connectivity index (χ3n) is 7.92. The summed E-state index contributed by atoms with van der Waals surface area (Å²) in [4.78, 5) is 35.8. The van der Waals surface area contributed by atoms with Crippen molar-refractivity contribution in [2.45, 2.75) is 62.4 Å². The number of rotatable bonds is 12. The van der Waals surface area contributed by atoms with E-state index >= 15 is 0 Å². The van der Waals surface area contributed by atoms with Gasteiger partial charge < -0.3 is 29.7 Å². The fourth-order valence-corrected chi connectivity index (χ4v) is 6.42. The molecule has 1 aliphatic rings. The number of carbonyl (C=O) groups excluding carboxylic acids is 2. The van der Waals surface area contributed by atoms with E-state index < -0.39 is 24.3 Å². The molecule has 5 rings (SSSR count). The molecule has 1 heterocycles. The molecule has 0 radical (unpaired) electrons. The lowest BCUT2D eigenvalue weighted by Crippen LogP contribution is -2.38. The number of hydrogen-bond donors (Lipinski definition) is 3. The van der Waals surface area contributed by atoms with Crippen molar-refractivity contribution in [3.8, 4) is 0 Å². The summed E-state index contributed by atoms with van der Waals surface area (Å²) in [6.45, 7) is 2.98. The van der Waals surface area contributed by atoms with Crippen molar-refractivity contribution in [1.29, 1.82) is 0 Å².